The zero-order chi connectivity index (χ0) is 23.8. The number of nitrogens with zero attached hydrogens (tertiary/aromatic N) is 3. The minimum Gasteiger partial charge on any atom is -0.494 e. The Hall–Kier alpha value is -3.58. The minimum atomic E-state index is -0.370. The van der Waals surface area contributed by atoms with Crippen molar-refractivity contribution in [2.75, 3.05) is 6.61 Å². The maximum atomic E-state index is 12.7. The van der Waals surface area contributed by atoms with Crippen LogP contribution in [0.4, 0.5) is 0 Å². The lowest BCUT2D eigenvalue weighted by atomic mass is 10.1. The van der Waals surface area contributed by atoms with Crippen LogP contribution in [0.1, 0.15) is 30.0 Å². The number of carbonyl (C=O) groups is 1. The van der Waals surface area contributed by atoms with E-state index in [0.717, 1.165) is 40.1 Å². The number of aliphatic imine (C=N–C) groups is 1. The van der Waals surface area contributed by atoms with Crippen molar-refractivity contribution in [3.8, 4) is 5.75 Å². The molecule has 34 heavy (non-hydrogen) atoms. The highest BCUT2D eigenvalue weighted by molar-refractivity contribution is 8.17. The molecule has 0 radical (unpaired) electrons. The third kappa shape index (κ3) is 4.31. The van der Waals surface area contributed by atoms with Crippen LogP contribution in [0.25, 0.3) is 17.0 Å². The fourth-order valence-electron chi connectivity index (χ4n) is 4.37. The molecular weight excluding hydrogens is 444 g/mol. The summed E-state index contributed by atoms with van der Waals surface area (Å²) < 4.78 is 8.17. The molecule has 0 saturated carbocycles. The number of amides is 1. The number of carbonyl (C=O) groups excluding carboxylic acids is 1. The highest BCUT2D eigenvalue weighted by Crippen LogP contribution is 2.33. The Labute approximate surface area is 203 Å². The van der Waals surface area contributed by atoms with Gasteiger partial charge < -0.3 is 9.30 Å². The van der Waals surface area contributed by atoms with Crippen molar-refractivity contribution in [2.45, 2.75) is 33.7 Å². The van der Waals surface area contributed by atoms with Crippen molar-refractivity contribution in [1.29, 1.82) is 5.41 Å². The molecule has 3 aromatic rings. The number of ether oxygens (including phenoxy) is 1. The van der Waals surface area contributed by atoms with Crippen molar-refractivity contribution < 1.29 is 9.53 Å². The molecule has 5 rings (SSSR count). The summed E-state index contributed by atoms with van der Waals surface area (Å²) in [4.78, 5) is 19.6. The van der Waals surface area contributed by atoms with E-state index >= 15 is 0 Å². The van der Waals surface area contributed by atoms with Gasteiger partial charge in [-0.05, 0) is 62.6 Å². The molecule has 0 aliphatic carbocycles. The lowest BCUT2D eigenvalue weighted by molar-refractivity contribution is -0.114. The van der Waals surface area contributed by atoms with Crippen LogP contribution in [0.15, 0.2) is 70.3 Å². The zero-order valence-electron chi connectivity index (χ0n) is 19.5. The van der Waals surface area contributed by atoms with E-state index in [0.29, 0.717) is 17.3 Å². The lowest BCUT2D eigenvalue weighted by Crippen LogP contribution is -2.35. The van der Waals surface area contributed by atoms with Gasteiger partial charge in [0.15, 0.2) is 5.17 Å². The van der Waals surface area contributed by atoms with Gasteiger partial charge in [0, 0.05) is 40.3 Å². The molecule has 2 aliphatic rings. The Morgan fingerprint density at radius 2 is 1.88 bits per heavy atom. The number of benzene rings is 2. The number of thioether (sulfide) groups is 1. The Morgan fingerprint density at radius 3 is 2.68 bits per heavy atom. The summed E-state index contributed by atoms with van der Waals surface area (Å²) in [5, 5.41) is 10.2. The first kappa shape index (κ1) is 22.2. The van der Waals surface area contributed by atoms with E-state index in [-0.39, 0.29) is 11.7 Å². The molecule has 0 atom stereocenters. The van der Waals surface area contributed by atoms with Crippen LogP contribution >= 0.6 is 11.8 Å². The summed E-state index contributed by atoms with van der Waals surface area (Å²) in [6.07, 6.45) is 6.54. The molecule has 0 bridgehead atoms. The highest BCUT2D eigenvalue weighted by Gasteiger charge is 2.33. The topological polar surface area (TPSA) is 70.7 Å². The van der Waals surface area contributed by atoms with Gasteiger partial charge in [-0.3, -0.25) is 15.1 Å². The van der Waals surface area contributed by atoms with Crippen molar-refractivity contribution in [2.24, 2.45) is 4.99 Å². The van der Waals surface area contributed by atoms with E-state index in [1.807, 2.05) is 37.5 Å². The van der Waals surface area contributed by atoms with Crippen LogP contribution < -0.4 is 4.74 Å². The molecule has 172 valence electrons. The molecule has 7 heteroatoms. The largest absolute Gasteiger partial charge is 0.494 e. The molecule has 1 N–H and O–H groups in total. The third-order valence-corrected chi connectivity index (χ3v) is 6.72. The number of hydrogen-bond donors (Lipinski definition) is 1. The standard InChI is InChI=1S/C27H26N4O2S/c1-17-11-18(2)13-21(12-17)33-10-6-9-30-16-20(22-7-4-5-8-24(22)30)14-23-25(28)31-15-19(3)34-27(31)29-26(23)32/h4-5,7-8,11-16,28H,6,9-10H2,1-3H3. The summed E-state index contributed by atoms with van der Waals surface area (Å²) in [5.74, 6) is 0.697. The van der Waals surface area contributed by atoms with Gasteiger partial charge in [0.05, 0.1) is 12.2 Å². The van der Waals surface area contributed by atoms with Gasteiger partial charge in [0.1, 0.15) is 11.6 Å². The smallest absolute Gasteiger partial charge is 0.283 e. The van der Waals surface area contributed by atoms with Gasteiger partial charge in [0.25, 0.3) is 5.91 Å². The fourth-order valence-corrected chi connectivity index (χ4v) is 5.19. The number of allylic oxidation sites excluding steroid dienone is 1. The van der Waals surface area contributed by atoms with E-state index in [1.165, 1.54) is 22.9 Å². The van der Waals surface area contributed by atoms with E-state index in [9.17, 15) is 4.79 Å². The van der Waals surface area contributed by atoms with Crippen molar-refractivity contribution in [3.63, 3.8) is 0 Å². The molecule has 2 aromatic carbocycles. The average Bonchev–Trinajstić information content (AvgIpc) is 3.33. The molecular formula is C27H26N4O2S. The monoisotopic (exact) mass is 470 g/mol. The summed E-state index contributed by atoms with van der Waals surface area (Å²) in [6, 6.07) is 14.4. The van der Waals surface area contributed by atoms with E-state index in [2.05, 4.69) is 47.7 Å². The van der Waals surface area contributed by atoms with Crippen molar-refractivity contribution in [3.05, 3.63) is 82.0 Å². The summed E-state index contributed by atoms with van der Waals surface area (Å²) in [5.41, 5.74) is 4.69. The maximum absolute atomic E-state index is 12.7. The van der Waals surface area contributed by atoms with Gasteiger partial charge in [-0.1, -0.05) is 36.0 Å². The van der Waals surface area contributed by atoms with Crippen LogP contribution in [-0.2, 0) is 11.3 Å². The number of rotatable bonds is 6. The number of amidine groups is 2. The second-order valence-corrected chi connectivity index (χ2v) is 9.85. The van der Waals surface area contributed by atoms with Crippen LogP contribution in [0.3, 0.4) is 0 Å². The molecule has 1 aromatic heterocycles. The van der Waals surface area contributed by atoms with Gasteiger partial charge in [-0.15, -0.1) is 0 Å². The first-order chi connectivity index (χ1) is 16.4. The Balaban J connectivity index is 1.37. The zero-order valence-corrected chi connectivity index (χ0v) is 20.3. The first-order valence-corrected chi connectivity index (χ1v) is 12.1. The molecule has 0 saturated heterocycles. The molecule has 2 aliphatic heterocycles. The van der Waals surface area contributed by atoms with Crippen molar-refractivity contribution >= 4 is 45.7 Å². The molecule has 0 spiro atoms. The summed E-state index contributed by atoms with van der Waals surface area (Å²) >= 11 is 1.42. The number of fused-ring (bicyclic) bond motifs is 2. The second kappa shape index (κ2) is 8.99. The number of nitrogens with one attached hydrogen (secondary N) is 1. The summed E-state index contributed by atoms with van der Waals surface area (Å²) in [6.45, 7) is 7.50. The number of aromatic nitrogens is 1. The van der Waals surface area contributed by atoms with Crippen LogP contribution in [0, 0.1) is 19.3 Å². The molecule has 0 unspecified atom stereocenters. The van der Waals surface area contributed by atoms with E-state index < -0.39 is 0 Å². The van der Waals surface area contributed by atoms with Gasteiger partial charge in [-0.25, -0.2) is 0 Å². The molecule has 3 heterocycles. The molecule has 1 amide bonds. The lowest BCUT2D eigenvalue weighted by Gasteiger charge is -2.22. The normalized spacial score (nSPS) is 16.8. The quantitative estimate of drug-likeness (QED) is 0.360. The average molecular weight is 471 g/mol. The van der Waals surface area contributed by atoms with Crippen LogP contribution in [0.5, 0.6) is 5.75 Å². The molecule has 6 nitrogen and oxygen atoms in total. The molecule has 0 fully saturated rings. The predicted molar refractivity (Wildman–Crippen MR) is 139 cm³/mol. The van der Waals surface area contributed by atoms with E-state index in [1.54, 1.807) is 11.0 Å². The third-order valence-electron chi connectivity index (χ3n) is 5.82. The van der Waals surface area contributed by atoms with Gasteiger partial charge >= 0.3 is 0 Å². The Kier molecular flexibility index (Phi) is 5.87. The first-order valence-electron chi connectivity index (χ1n) is 11.3. The Morgan fingerprint density at radius 1 is 1.12 bits per heavy atom. The van der Waals surface area contributed by atoms with Crippen LogP contribution in [0.2, 0.25) is 0 Å². The fraction of sp³-hybridized carbons (Fsp3) is 0.222. The van der Waals surface area contributed by atoms with Crippen molar-refractivity contribution in [1.82, 2.24) is 9.47 Å². The number of aryl methyl sites for hydroxylation is 3. The van der Waals surface area contributed by atoms with E-state index in [4.69, 9.17) is 10.1 Å². The van der Waals surface area contributed by atoms with Gasteiger partial charge in [-0.2, -0.15) is 4.99 Å². The number of hydrogen-bond acceptors (Lipinski definition) is 4. The summed E-state index contributed by atoms with van der Waals surface area (Å²) in [7, 11) is 0. The van der Waals surface area contributed by atoms with Gasteiger partial charge in [0.2, 0.25) is 0 Å². The number of para-hydroxylation sites is 1. The highest BCUT2D eigenvalue weighted by atomic mass is 32.2. The Bertz CT molecular complexity index is 1390. The van der Waals surface area contributed by atoms with Crippen LogP contribution in [-0.4, -0.2) is 33.0 Å². The maximum Gasteiger partial charge on any atom is 0.283 e. The SMILES string of the molecule is CC1=CN2C(=N)C(=Cc3cn(CCCOc4cc(C)cc(C)c4)c4ccccc34)C(=O)N=C2S1. The predicted octanol–water partition coefficient (Wildman–Crippen LogP) is 5.89. The minimum absolute atomic E-state index is 0.165. The second-order valence-electron chi connectivity index (χ2n) is 8.64.